The maximum Gasteiger partial charge on any atom is 0.309 e. The van der Waals surface area contributed by atoms with Gasteiger partial charge in [0.05, 0.1) is 17.9 Å². The number of carbonyl (C=O) groups is 1. The van der Waals surface area contributed by atoms with Gasteiger partial charge in [0.1, 0.15) is 15.7 Å². The van der Waals surface area contributed by atoms with Gasteiger partial charge in [-0.15, -0.1) is 0 Å². The lowest BCUT2D eigenvalue weighted by Crippen LogP contribution is -2.22. The average Bonchev–Trinajstić information content (AvgIpc) is 2.65. The number of carboxylic acid groups (broad SMARTS) is 1. The second-order valence-electron chi connectivity index (χ2n) is 4.29. The molecule has 7 heteroatoms. The number of rotatable bonds is 3. The van der Waals surface area contributed by atoms with E-state index in [1.165, 1.54) is 6.20 Å². The number of aromatic nitrogens is 2. The number of carboxylic acids is 1. The van der Waals surface area contributed by atoms with E-state index in [1.807, 2.05) is 0 Å². The van der Waals surface area contributed by atoms with Crippen molar-refractivity contribution in [1.82, 2.24) is 9.97 Å². The highest BCUT2D eigenvalue weighted by atomic mass is 32.2. The van der Waals surface area contributed by atoms with E-state index in [1.54, 1.807) is 0 Å². The van der Waals surface area contributed by atoms with E-state index in [0.29, 0.717) is 24.4 Å². The molecule has 0 saturated carbocycles. The molecule has 1 aliphatic rings. The Kier molecular flexibility index (Phi) is 3.19. The Morgan fingerprint density at radius 3 is 2.71 bits per heavy atom. The highest BCUT2D eigenvalue weighted by molar-refractivity contribution is 7.91. The molecule has 2 rings (SSSR count). The molecule has 0 aliphatic carbocycles. The minimum atomic E-state index is -2.87. The van der Waals surface area contributed by atoms with Crippen LogP contribution in [0.15, 0.2) is 6.20 Å². The number of nitrogens with zero attached hydrogens (tertiary/aromatic N) is 1. The third-order valence-corrected chi connectivity index (χ3v) is 4.65. The molecule has 1 aromatic heterocycles. The third-order valence-electron chi connectivity index (χ3n) is 2.93. The van der Waals surface area contributed by atoms with Gasteiger partial charge in [-0.3, -0.25) is 4.79 Å². The number of hydrogen-bond acceptors (Lipinski definition) is 4. The van der Waals surface area contributed by atoms with Crippen LogP contribution in [0.5, 0.6) is 0 Å². The van der Waals surface area contributed by atoms with E-state index in [-0.39, 0.29) is 23.8 Å². The normalized spacial score (nSPS) is 20.2. The second-order valence-corrected chi connectivity index (χ2v) is 6.59. The van der Waals surface area contributed by atoms with E-state index < -0.39 is 15.8 Å². The number of H-pyrrole nitrogens is 1. The van der Waals surface area contributed by atoms with Gasteiger partial charge in [0.15, 0.2) is 0 Å². The number of aliphatic carboxylic acids is 1. The van der Waals surface area contributed by atoms with Crippen LogP contribution < -0.4 is 0 Å². The molecule has 0 radical (unpaired) electrons. The molecule has 94 valence electrons. The predicted molar refractivity (Wildman–Crippen MR) is 60.6 cm³/mol. The van der Waals surface area contributed by atoms with Crippen LogP contribution in [0.4, 0.5) is 0 Å². The van der Waals surface area contributed by atoms with Gasteiger partial charge in [-0.2, -0.15) is 0 Å². The molecule has 0 amide bonds. The summed E-state index contributed by atoms with van der Waals surface area (Å²) in [6, 6.07) is 0. The lowest BCUT2D eigenvalue weighted by Gasteiger charge is -2.19. The quantitative estimate of drug-likeness (QED) is 0.813. The minimum Gasteiger partial charge on any atom is -0.481 e. The van der Waals surface area contributed by atoms with Crippen LogP contribution in [0.3, 0.4) is 0 Å². The topological polar surface area (TPSA) is 100 Å². The third kappa shape index (κ3) is 3.06. The molecular formula is C10H14N2O4S. The Morgan fingerprint density at radius 1 is 1.47 bits per heavy atom. The molecule has 1 saturated heterocycles. The van der Waals surface area contributed by atoms with Gasteiger partial charge in [-0.1, -0.05) is 0 Å². The van der Waals surface area contributed by atoms with Gasteiger partial charge in [-0.25, -0.2) is 13.4 Å². The highest BCUT2D eigenvalue weighted by Crippen LogP contribution is 2.26. The van der Waals surface area contributed by atoms with Crippen molar-refractivity contribution in [2.24, 2.45) is 0 Å². The first-order valence-electron chi connectivity index (χ1n) is 5.42. The number of imidazole rings is 1. The van der Waals surface area contributed by atoms with Crippen LogP contribution in [0.2, 0.25) is 0 Å². The zero-order chi connectivity index (χ0) is 12.5. The maximum absolute atomic E-state index is 11.3. The number of nitrogens with one attached hydrogen (secondary N) is 1. The summed E-state index contributed by atoms with van der Waals surface area (Å²) in [4.78, 5) is 17.6. The fourth-order valence-corrected chi connectivity index (χ4v) is 3.49. The minimum absolute atomic E-state index is 0.0853. The SMILES string of the molecule is O=C(O)Cc1cnc(C2CCS(=O)(=O)CC2)[nH]1. The predicted octanol–water partition coefficient (Wildman–Crippen LogP) is 0.329. The monoisotopic (exact) mass is 258 g/mol. The molecule has 0 atom stereocenters. The van der Waals surface area contributed by atoms with E-state index >= 15 is 0 Å². The molecule has 0 unspecified atom stereocenters. The van der Waals surface area contributed by atoms with Crippen LogP contribution in [0.25, 0.3) is 0 Å². The molecule has 6 nitrogen and oxygen atoms in total. The van der Waals surface area contributed by atoms with Crippen LogP contribution >= 0.6 is 0 Å². The number of hydrogen-bond donors (Lipinski definition) is 2. The molecule has 17 heavy (non-hydrogen) atoms. The van der Waals surface area contributed by atoms with Crippen molar-refractivity contribution in [3.63, 3.8) is 0 Å². The summed E-state index contributed by atoms with van der Waals surface area (Å²) in [6.45, 7) is 0. The number of sulfone groups is 1. The summed E-state index contributed by atoms with van der Waals surface area (Å²) in [7, 11) is -2.87. The fourth-order valence-electron chi connectivity index (χ4n) is 2.00. The molecule has 1 aromatic rings. The first-order valence-corrected chi connectivity index (χ1v) is 7.24. The molecule has 0 aromatic carbocycles. The summed E-state index contributed by atoms with van der Waals surface area (Å²) in [5.74, 6) is 0.267. The van der Waals surface area contributed by atoms with Gasteiger partial charge in [-0.05, 0) is 12.8 Å². The van der Waals surface area contributed by atoms with Gasteiger partial charge < -0.3 is 10.1 Å². The van der Waals surface area contributed by atoms with Crippen LogP contribution in [0.1, 0.15) is 30.3 Å². The average molecular weight is 258 g/mol. The van der Waals surface area contributed by atoms with Crippen molar-refractivity contribution in [2.45, 2.75) is 25.2 Å². The largest absolute Gasteiger partial charge is 0.481 e. The van der Waals surface area contributed by atoms with Crippen molar-refractivity contribution < 1.29 is 18.3 Å². The van der Waals surface area contributed by atoms with Crippen LogP contribution in [0, 0.1) is 0 Å². The fraction of sp³-hybridized carbons (Fsp3) is 0.600. The molecule has 0 bridgehead atoms. The van der Waals surface area contributed by atoms with E-state index in [4.69, 9.17) is 5.11 Å². The molecule has 1 fully saturated rings. The van der Waals surface area contributed by atoms with E-state index in [0.717, 1.165) is 0 Å². The maximum atomic E-state index is 11.3. The first-order chi connectivity index (χ1) is 7.96. The smallest absolute Gasteiger partial charge is 0.309 e. The van der Waals surface area contributed by atoms with Gasteiger partial charge in [0.2, 0.25) is 0 Å². The molecule has 2 heterocycles. The Hall–Kier alpha value is -1.37. The highest BCUT2D eigenvalue weighted by Gasteiger charge is 2.26. The summed E-state index contributed by atoms with van der Waals surface area (Å²) in [5, 5.41) is 8.63. The van der Waals surface area contributed by atoms with Crippen molar-refractivity contribution in [1.29, 1.82) is 0 Å². The number of aromatic amines is 1. The molecular weight excluding hydrogens is 244 g/mol. The summed E-state index contributed by atoms with van der Waals surface area (Å²) >= 11 is 0. The second kappa shape index (κ2) is 4.48. The van der Waals surface area contributed by atoms with Crippen molar-refractivity contribution in [2.75, 3.05) is 11.5 Å². The van der Waals surface area contributed by atoms with E-state index in [2.05, 4.69) is 9.97 Å². The Bertz CT molecular complexity index is 506. The van der Waals surface area contributed by atoms with Crippen molar-refractivity contribution in [3.8, 4) is 0 Å². The standard InChI is InChI=1S/C10H14N2O4S/c13-9(14)5-8-6-11-10(12-8)7-1-3-17(15,16)4-2-7/h6-7H,1-5H2,(H,11,12)(H,13,14). The molecule has 2 N–H and O–H groups in total. The summed E-state index contributed by atoms with van der Waals surface area (Å²) < 4.78 is 22.5. The molecule has 1 aliphatic heterocycles. The van der Waals surface area contributed by atoms with Gasteiger partial charge >= 0.3 is 5.97 Å². The first kappa shape index (κ1) is 12.1. The van der Waals surface area contributed by atoms with Gasteiger partial charge in [0.25, 0.3) is 0 Å². The summed E-state index contributed by atoms with van der Waals surface area (Å²) in [6.07, 6.45) is 2.54. The molecule has 0 spiro atoms. The van der Waals surface area contributed by atoms with Gasteiger partial charge in [0, 0.05) is 17.8 Å². The summed E-state index contributed by atoms with van der Waals surface area (Å²) in [5.41, 5.74) is 0.556. The van der Waals surface area contributed by atoms with Crippen LogP contribution in [-0.4, -0.2) is 41.0 Å². The zero-order valence-corrected chi connectivity index (χ0v) is 10.0. The van der Waals surface area contributed by atoms with Crippen molar-refractivity contribution in [3.05, 3.63) is 17.7 Å². The lowest BCUT2D eigenvalue weighted by atomic mass is 10.0. The van der Waals surface area contributed by atoms with Crippen LogP contribution in [-0.2, 0) is 21.1 Å². The lowest BCUT2D eigenvalue weighted by molar-refractivity contribution is -0.136. The van der Waals surface area contributed by atoms with E-state index in [9.17, 15) is 13.2 Å². The Labute approximate surface area is 99.0 Å². The van der Waals surface area contributed by atoms with Crippen molar-refractivity contribution >= 4 is 15.8 Å². The Morgan fingerprint density at radius 2 is 2.12 bits per heavy atom. The zero-order valence-electron chi connectivity index (χ0n) is 9.22. The Balaban J connectivity index is 2.04.